The maximum atomic E-state index is 12.6. The zero-order valence-corrected chi connectivity index (χ0v) is 19.3. The van der Waals surface area contributed by atoms with Gasteiger partial charge in [-0.15, -0.1) is 5.11 Å². The van der Waals surface area contributed by atoms with Gasteiger partial charge in [0.2, 0.25) is 0 Å². The fourth-order valence-corrected chi connectivity index (χ4v) is 3.18. The van der Waals surface area contributed by atoms with Gasteiger partial charge >= 0.3 is 0 Å². The van der Waals surface area contributed by atoms with Crippen molar-refractivity contribution in [2.45, 2.75) is 6.92 Å². The van der Waals surface area contributed by atoms with Crippen LogP contribution in [-0.2, 0) is 10.1 Å². The molecule has 4 rings (SSSR count). The summed E-state index contributed by atoms with van der Waals surface area (Å²) in [6.07, 6.45) is 0.715. The molecular formula is C25H23N3O5S. The lowest BCUT2D eigenvalue weighted by Crippen LogP contribution is -2.11. The first-order valence-corrected chi connectivity index (χ1v) is 12.0. The van der Waals surface area contributed by atoms with E-state index < -0.39 is 10.1 Å². The molecule has 1 amide bonds. The van der Waals surface area contributed by atoms with E-state index in [1.807, 2.05) is 61.5 Å². The maximum absolute atomic E-state index is 12.6. The van der Waals surface area contributed by atoms with E-state index in [9.17, 15) is 18.3 Å². The Morgan fingerprint density at radius 2 is 1.47 bits per heavy atom. The monoisotopic (exact) mass is 477 g/mol. The number of anilines is 1. The Bertz CT molecular complexity index is 1430. The predicted octanol–water partition coefficient (Wildman–Crippen LogP) is 6.03. The van der Waals surface area contributed by atoms with Crippen molar-refractivity contribution >= 4 is 43.9 Å². The minimum absolute atomic E-state index is 0.0105. The number of nitrogens with zero attached hydrogens (tertiary/aromatic N) is 2. The van der Waals surface area contributed by atoms with Crippen LogP contribution in [0, 0.1) is 6.92 Å². The van der Waals surface area contributed by atoms with Crippen molar-refractivity contribution in [2.24, 2.45) is 10.2 Å². The van der Waals surface area contributed by atoms with Crippen molar-refractivity contribution in [1.29, 1.82) is 0 Å². The number of fused-ring (bicyclic) bond motifs is 1. The molecule has 0 spiro atoms. The predicted molar refractivity (Wildman–Crippen MR) is 133 cm³/mol. The number of hydrogen-bond donors (Lipinski definition) is 3. The summed E-state index contributed by atoms with van der Waals surface area (Å²) >= 11 is 0. The third-order valence-corrected chi connectivity index (χ3v) is 4.61. The van der Waals surface area contributed by atoms with Crippen LogP contribution in [0.25, 0.3) is 10.8 Å². The van der Waals surface area contributed by atoms with Crippen LogP contribution in [0.2, 0.25) is 0 Å². The molecule has 9 heteroatoms. The second-order valence-corrected chi connectivity index (χ2v) is 8.85. The van der Waals surface area contributed by atoms with Gasteiger partial charge in [0, 0.05) is 10.9 Å². The Labute approximate surface area is 197 Å². The van der Waals surface area contributed by atoms with Crippen LogP contribution >= 0.6 is 0 Å². The Morgan fingerprint density at radius 1 is 0.882 bits per heavy atom. The van der Waals surface area contributed by atoms with Crippen LogP contribution in [0.1, 0.15) is 15.9 Å². The molecule has 174 valence electrons. The van der Waals surface area contributed by atoms with Crippen molar-refractivity contribution in [3.8, 4) is 5.75 Å². The number of rotatable bonds is 4. The summed E-state index contributed by atoms with van der Waals surface area (Å²) in [6.45, 7) is 1.87. The van der Waals surface area contributed by atoms with E-state index in [4.69, 9.17) is 4.55 Å². The Balaban J connectivity index is 0.000000588. The number of nitrogens with one attached hydrogen (secondary N) is 1. The highest BCUT2D eigenvalue weighted by Crippen LogP contribution is 2.42. The molecule has 0 heterocycles. The van der Waals surface area contributed by atoms with Gasteiger partial charge in [0.05, 0.1) is 17.6 Å². The fraction of sp³-hybridized carbons (Fsp3) is 0.0800. The van der Waals surface area contributed by atoms with Crippen LogP contribution in [-0.4, -0.2) is 30.2 Å². The molecule has 4 aromatic carbocycles. The lowest BCUT2D eigenvalue weighted by atomic mass is 10.0. The molecule has 3 N–H and O–H groups in total. The van der Waals surface area contributed by atoms with Crippen LogP contribution < -0.4 is 5.32 Å². The Kier molecular flexibility index (Phi) is 7.72. The van der Waals surface area contributed by atoms with Gasteiger partial charge in [0.1, 0.15) is 5.69 Å². The molecule has 0 aliphatic heterocycles. The van der Waals surface area contributed by atoms with Crippen LogP contribution in [0.5, 0.6) is 5.75 Å². The number of carbonyl (C=O) groups excluding carboxylic acids is 1. The van der Waals surface area contributed by atoms with Gasteiger partial charge in [0.15, 0.2) is 5.75 Å². The number of aryl methyl sites for hydroxylation is 1. The molecule has 8 nitrogen and oxygen atoms in total. The van der Waals surface area contributed by atoms with Gasteiger partial charge in [-0.1, -0.05) is 48.5 Å². The second kappa shape index (κ2) is 10.7. The van der Waals surface area contributed by atoms with Crippen molar-refractivity contribution in [3.05, 3.63) is 96.1 Å². The summed E-state index contributed by atoms with van der Waals surface area (Å²) in [7, 11) is -3.67. The van der Waals surface area contributed by atoms with Gasteiger partial charge in [0.25, 0.3) is 16.0 Å². The molecule has 0 saturated carbocycles. The fourth-order valence-electron chi connectivity index (χ4n) is 3.18. The Morgan fingerprint density at radius 3 is 2.09 bits per heavy atom. The highest BCUT2D eigenvalue weighted by atomic mass is 32.2. The number of phenolic OH excluding ortho intramolecular Hbond substituents is 1. The molecule has 4 aromatic rings. The van der Waals surface area contributed by atoms with Gasteiger partial charge in [-0.3, -0.25) is 9.35 Å². The Hall–Kier alpha value is -4.08. The highest BCUT2D eigenvalue weighted by molar-refractivity contribution is 7.85. The highest BCUT2D eigenvalue weighted by Gasteiger charge is 2.15. The van der Waals surface area contributed by atoms with Gasteiger partial charge in [-0.2, -0.15) is 13.5 Å². The topological polar surface area (TPSA) is 128 Å². The molecule has 0 aliphatic carbocycles. The zero-order chi connectivity index (χ0) is 24.7. The quantitative estimate of drug-likeness (QED) is 0.244. The number of phenols is 1. The number of aromatic hydroxyl groups is 1. The normalized spacial score (nSPS) is 11.1. The van der Waals surface area contributed by atoms with E-state index in [2.05, 4.69) is 15.5 Å². The van der Waals surface area contributed by atoms with Crippen molar-refractivity contribution in [1.82, 2.24) is 0 Å². The number of benzene rings is 4. The lowest BCUT2D eigenvalue weighted by molar-refractivity contribution is 0.102. The van der Waals surface area contributed by atoms with Gasteiger partial charge < -0.3 is 10.4 Å². The van der Waals surface area contributed by atoms with E-state index in [0.29, 0.717) is 34.3 Å². The number of azo groups is 1. The van der Waals surface area contributed by atoms with Gasteiger partial charge in [-0.05, 0) is 54.3 Å². The maximum Gasteiger partial charge on any atom is 0.261 e. The van der Waals surface area contributed by atoms with Crippen LogP contribution in [0.3, 0.4) is 0 Å². The molecule has 0 unspecified atom stereocenters. The first kappa shape index (κ1) is 24.6. The van der Waals surface area contributed by atoms with Crippen LogP contribution in [0.4, 0.5) is 17.1 Å². The molecule has 0 atom stereocenters. The molecule has 0 aromatic heterocycles. The second-order valence-electron chi connectivity index (χ2n) is 7.38. The molecule has 0 fully saturated rings. The molecule has 0 bridgehead atoms. The number of carbonyl (C=O) groups is 1. The summed E-state index contributed by atoms with van der Waals surface area (Å²) in [5.74, 6) is -0.255. The van der Waals surface area contributed by atoms with Crippen molar-refractivity contribution in [3.63, 3.8) is 0 Å². The van der Waals surface area contributed by atoms with E-state index in [-0.39, 0.29) is 11.7 Å². The van der Waals surface area contributed by atoms with Crippen molar-refractivity contribution in [2.75, 3.05) is 11.6 Å². The molecule has 0 aliphatic rings. The van der Waals surface area contributed by atoms with Crippen molar-refractivity contribution < 1.29 is 22.9 Å². The summed E-state index contributed by atoms with van der Waals surface area (Å²) < 4.78 is 25.9. The summed E-state index contributed by atoms with van der Waals surface area (Å²) in [5, 5.41) is 23.7. The number of amides is 1. The summed E-state index contributed by atoms with van der Waals surface area (Å²) in [4.78, 5) is 12.6. The van der Waals surface area contributed by atoms with E-state index in [1.54, 1.807) is 30.3 Å². The SMILES string of the molecule is CS(=O)(=O)O.Cc1cc2cccc(NC(=O)c3ccccc3)c2c(O)c1N=Nc1ccccc1. The molecule has 34 heavy (non-hydrogen) atoms. The van der Waals surface area contributed by atoms with Crippen LogP contribution in [0.15, 0.2) is 95.2 Å². The van der Waals surface area contributed by atoms with Gasteiger partial charge in [-0.25, -0.2) is 0 Å². The molecule has 0 radical (unpaired) electrons. The van der Waals surface area contributed by atoms with E-state index in [0.717, 1.165) is 10.9 Å². The minimum Gasteiger partial charge on any atom is -0.505 e. The molecule has 0 saturated heterocycles. The van der Waals surface area contributed by atoms with E-state index in [1.165, 1.54) is 0 Å². The smallest absolute Gasteiger partial charge is 0.261 e. The lowest BCUT2D eigenvalue weighted by Gasteiger charge is -2.13. The zero-order valence-electron chi connectivity index (χ0n) is 18.5. The van der Waals surface area contributed by atoms with E-state index >= 15 is 0 Å². The number of hydrogen-bond acceptors (Lipinski definition) is 6. The summed E-state index contributed by atoms with van der Waals surface area (Å²) in [5.41, 5.74) is 2.92. The first-order chi connectivity index (χ1) is 16.1. The third-order valence-electron chi connectivity index (χ3n) is 4.61. The minimum atomic E-state index is -3.67. The standard InChI is InChI=1S/C24H19N3O2.CH4O3S/c1-16-15-18-11-8-14-20(25-24(29)17-9-4-2-5-10-17)21(18)23(28)22(16)27-26-19-12-6-3-7-13-19;1-5(2,3)4/h2-15,28H,1H3,(H,25,29);1H3,(H,2,3,4). The first-order valence-electron chi connectivity index (χ1n) is 10.1. The third kappa shape index (κ3) is 6.71. The average Bonchev–Trinajstić information content (AvgIpc) is 2.79. The summed E-state index contributed by atoms with van der Waals surface area (Å²) in [6, 6.07) is 25.7. The largest absolute Gasteiger partial charge is 0.505 e. The average molecular weight is 478 g/mol. The molecular weight excluding hydrogens is 454 g/mol.